The lowest BCUT2D eigenvalue weighted by molar-refractivity contribution is -0.122. The average molecular weight is 389 g/mol. The number of hydrogen-bond donors (Lipinski definition) is 1. The Balaban J connectivity index is 1.55. The number of benzene rings is 2. The van der Waals surface area contributed by atoms with E-state index in [0.717, 1.165) is 35.7 Å². The highest BCUT2D eigenvalue weighted by molar-refractivity contribution is 5.87. The highest BCUT2D eigenvalue weighted by atomic mass is 16.3. The lowest BCUT2D eigenvalue weighted by Crippen LogP contribution is -2.38. The number of amides is 1. The van der Waals surface area contributed by atoms with Crippen molar-refractivity contribution >= 4 is 5.91 Å². The van der Waals surface area contributed by atoms with E-state index >= 15 is 0 Å². The van der Waals surface area contributed by atoms with Crippen molar-refractivity contribution in [2.24, 2.45) is 0 Å². The van der Waals surface area contributed by atoms with Crippen molar-refractivity contribution in [2.45, 2.75) is 31.7 Å². The number of nitrogens with one attached hydrogen (secondary N) is 1. The minimum absolute atomic E-state index is 0.0230. The predicted molar refractivity (Wildman–Crippen MR) is 115 cm³/mol. The smallest absolute Gasteiger partial charge is 0.232 e. The molecule has 0 bridgehead atoms. The van der Waals surface area contributed by atoms with Gasteiger partial charge in [0, 0.05) is 6.54 Å². The quantitative estimate of drug-likeness (QED) is 0.640. The van der Waals surface area contributed by atoms with Crippen molar-refractivity contribution in [2.75, 3.05) is 19.6 Å². The second kappa shape index (κ2) is 9.10. The number of carbonyl (C=O) groups is 1. The summed E-state index contributed by atoms with van der Waals surface area (Å²) >= 11 is 0. The van der Waals surface area contributed by atoms with Crippen LogP contribution < -0.4 is 5.32 Å². The molecule has 0 spiro atoms. The third-order valence-electron chi connectivity index (χ3n) is 5.67. The Labute approximate surface area is 172 Å². The van der Waals surface area contributed by atoms with E-state index in [-0.39, 0.29) is 17.9 Å². The van der Waals surface area contributed by atoms with E-state index < -0.39 is 0 Å². The number of carbonyl (C=O) groups excluding carboxylic acids is 1. The lowest BCUT2D eigenvalue weighted by Gasteiger charge is -2.27. The Morgan fingerprint density at radius 2 is 1.52 bits per heavy atom. The molecule has 0 aliphatic carbocycles. The van der Waals surface area contributed by atoms with Gasteiger partial charge < -0.3 is 9.73 Å². The van der Waals surface area contributed by atoms with Gasteiger partial charge in [0.2, 0.25) is 5.91 Å². The van der Waals surface area contributed by atoms with Crippen LogP contribution in [0, 0.1) is 6.92 Å². The largest absolute Gasteiger partial charge is 0.465 e. The van der Waals surface area contributed by atoms with Gasteiger partial charge in [-0.3, -0.25) is 9.69 Å². The molecule has 0 saturated carbocycles. The minimum atomic E-state index is -0.324. The SMILES string of the molecule is Cc1ccc(C(CNC(=O)C(c2ccccc2)c2ccccc2)N2CCCC2)o1. The first-order valence-corrected chi connectivity index (χ1v) is 10.4. The first-order valence-electron chi connectivity index (χ1n) is 10.4. The van der Waals surface area contributed by atoms with Crippen molar-refractivity contribution in [3.8, 4) is 0 Å². The molecule has 1 aromatic heterocycles. The van der Waals surface area contributed by atoms with Gasteiger partial charge in [-0.15, -0.1) is 0 Å². The van der Waals surface area contributed by atoms with E-state index in [1.807, 2.05) is 79.7 Å². The Bertz CT molecular complexity index is 875. The number of aryl methyl sites for hydroxylation is 1. The fourth-order valence-electron chi connectivity index (χ4n) is 4.18. The molecule has 4 nitrogen and oxygen atoms in total. The van der Waals surface area contributed by atoms with Gasteiger partial charge >= 0.3 is 0 Å². The standard InChI is InChI=1S/C25H28N2O2/c1-19-14-15-23(29-19)22(27-16-8-9-17-27)18-26-25(28)24(20-10-4-2-5-11-20)21-12-6-3-7-13-21/h2-7,10-15,22,24H,8-9,16-18H2,1H3,(H,26,28). The van der Waals surface area contributed by atoms with Crippen LogP contribution in [0.4, 0.5) is 0 Å². The summed E-state index contributed by atoms with van der Waals surface area (Å²) in [6.45, 7) is 4.59. The summed E-state index contributed by atoms with van der Waals surface area (Å²) in [6, 6.07) is 24.1. The zero-order valence-electron chi connectivity index (χ0n) is 16.9. The molecule has 1 fully saturated rings. The van der Waals surface area contributed by atoms with E-state index in [2.05, 4.69) is 10.2 Å². The molecule has 2 aromatic carbocycles. The Morgan fingerprint density at radius 1 is 0.931 bits per heavy atom. The Hall–Kier alpha value is -2.85. The summed E-state index contributed by atoms with van der Waals surface area (Å²) < 4.78 is 5.93. The molecule has 4 rings (SSSR count). The highest BCUT2D eigenvalue weighted by Gasteiger charge is 2.28. The van der Waals surface area contributed by atoms with Crippen molar-refractivity contribution in [1.82, 2.24) is 10.2 Å². The summed E-state index contributed by atoms with van der Waals surface area (Å²) in [6.07, 6.45) is 2.39. The van der Waals surface area contributed by atoms with Gasteiger partial charge in [0.25, 0.3) is 0 Å². The second-order valence-electron chi connectivity index (χ2n) is 7.71. The number of nitrogens with zero attached hydrogens (tertiary/aromatic N) is 1. The van der Waals surface area contributed by atoms with Crippen LogP contribution in [0.1, 0.15) is 47.4 Å². The molecule has 29 heavy (non-hydrogen) atoms. The van der Waals surface area contributed by atoms with E-state index in [1.54, 1.807) is 0 Å². The summed E-state index contributed by atoms with van der Waals surface area (Å²) in [7, 11) is 0. The van der Waals surface area contributed by atoms with Gasteiger partial charge in [-0.25, -0.2) is 0 Å². The van der Waals surface area contributed by atoms with Crippen LogP contribution in [0.15, 0.2) is 77.2 Å². The maximum atomic E-state index is 13.3. The van der Waals surface area contributed by atoms with Gasteiger partial charge in [0.05, 0.1) is 12.0 Å². The first-order chi connectivity index (χ1) is 14.2. The van der Waals surface area contributed by atoms with Crippen LogP contribution in [0.25, 0.3) is 0 Å². The molecule has 1 N–H and O–H groups in total. The molecule has 150 valence electrons. The number of furan rings is 1. The maximum Gasteiger partial charge on any atom is 0.232 e. The summed E-state index contributed by atoms with van der Waals surface area (Å²) in [5.41, 5.74) is 2.01. The number of hydrogen-bond acceptors (Lipinski definition) is 3. The van der Waals surface area contributed by atoms with Crippen LogP contribution in [0.3, 0.4) is 0 Å². The third-order valence-corrected chi connectivity index (χ3v) is 5.67. The minimum Gasteiger partial charge on any atom is -0.465 e. The van der Waals surface area contributed by atoms with Crippen molar-refractivity contribution < 1.29 is 9.21 Å². The molecule has 2 heterocycles. The zero-order chi connectivity index (χ0) is 20.1. The highest BCUT2D eigenvalue weighted by Crippen LogP contribution is 2.28. The lowest BCUT2D eigenvalue weighted by atomic mass is 9.90. The Kier molecular flexibility index (Phi) is 6.11. The summed E-state index contributed by atoms with van der Waals surface area (Å²) in [5.74, 6) is 1.53. The van der Waals surface area contributed by atoms with E-state index in [1.165, 1.54) is 12.8 Å². The average Bonchev–Trinajstić information content (AvgIpc) is 3.43. The summed E-state index contributed by atoms with van der Waals surface area (Å²) in [4.78, 5) is 15.8. The van der Waals surface area contributed by atoms with E-state index in [0.29, 0.717) is 6.54 Å². The normalized spacial score (nSPS) is 15.5. The predicted octanol–water partition coefficient (Wildman–Crippen LogP) is 4.67. The zero-order valence-corrected chi connectivity index (χ0v) is 16.9. The molecule has 1 saturated heterocycles. The molecule has 1 unspecified atom stereocenters. The van der Waals surface area contributed by atoms with Crippen LogP contribution in [0.2, 0.25) is 0 Å². The molecule has 1 amide bonds. The van der Waals surface area contributed by atoms with Gasteiger partial charge in [0.1, 0.15) is 11.5 Å². The van der Waals surface area contributed by atoms with Crippen LogP contribution >= 0.6 is 0 Å². The van der Waals surface area contributed by atoms with Crippen LogP contribution in [-0.4, -0.2) is 30.4 Å². The molecule has 0 radical (unpaired) electrons. The first kappa shape index (κ1) is 19.5. The van der Waals surface area contributed by atoms with Crippen LogP contribution in [0.5, 0.6) is 0 Å². The van der Waals surface area contributed by atoms with Gasteiger partial charge in [0.15, 0.2) is 0 Å². The van der Waals surface area contributed by atoms with Crippen molar-refractivity contribution in [3.63, 3.8) is 0 Å². The van der Waals surface area contributed by atoms with E-state index in [9.17, 15) is 4.79 Å². The topological polar surface area (TPSA) is 45.5 Å². The molecule has 1 atom stereocenters. The number of rotatable bonds is 7. The fraction of sp³-hybridized carbons (Fsp3) is 0.320. The molecular formula is C25H28N2O2. The van der Waals surface area contributed by atoms with Gasteiger partial charge in [-0.2, -0.15) is 0 Å². The number of likely N-dealkylation sites (tertiary alicyclic amines) is 1. The molecule has 1 aliphatic rings. The van der Waals surface area contributed by atoms with Gasteiger partial charge in [-0.1, -0.05) is 60.7 Å². The van der Waals surface area contributed by atoms with Crippen molar-refractivity contribution in [1.29, 1.82) is 0 Å². The van der Waals surface area contributed by atoms with Gasteiger partial charge in [-0.05, 0) is 56.1 Å². The molecule has 3 aromatic rings. The van der Waals surface area contributed by atoms with Crippen molar-refractivity contribution in [3.05, 3.63) is 95.4 Å². The fourth-order valence-corrected chi connectivity index (χ4v) is 4.18. The molecular weight excluding hydrogens is 360 g/mol. The van der Waals surface area contributed by atoms with E-state index in [4.69, 9.17) is 4.42 Å². The maximum absolute atomic E-state index is 13.3. The second-order valence-corrected chi connectivity index (χ2v) is 7.71. The molecule has 1 aliphatic heterocycles. The molecule has 4 heteroatoms. The summed E-state index contributed by atoms with van der Waals surface area (Å²) in [5, 5.41) is 3.22. The van der Waals surface area contributed by atoms with Crippen LogP contribution in [-0.2, 0) is 4.79 Å². The monoisotopic (exact) mass is 388 g/mol. The Morgan fingerprint density at radius 3 is 2.03 bits per heavy atom. The third kappa shape index (κ3) is 4.60.